The molecule has 162 valence electrons. The zero-order valence-corrected chi connectivity index (χ0v) is 16.8. The van der Waals surface area contributed by atoms with Gasteiger partial charge in [-0.3, -0.25) is 19.7 Å². The van der Waals surface area contributed by atoms with Crippen molar-refractivity contribution in [1.29, 1.82) is 0 Å². The molecular formula is C23H20N4O5. The molecule has 3 aromatic rings. The van der Waals surface area contributed by atoms with E-state index in [-0.39, 0.29) is 12.3 Å². The number of phenols is 1. The summed E-state index contributed by atoms with van der Waals surface area (Å²) in [6.45, 7) is 0. The van der Waals surface area contributed by atoms with E-state index in [0.29, 0.717) is 11.1 Å². The number of phenolic OH excluding ortho intramolecular Hbond substituents is 1. The van der Waals surface area contributed by atoms with Crippen LogP contribution in [0.2, 0.25) is 0 Å². The van der Waals surface area contributed by atoms with Crippen LogP contribution in [0.5, 0.6) is 5.75 Å². The van der Waals surface area contributed by atoms with Crippen LogP contribution in [0.4, 0.5) is 5.69 Å². The van der Waals surface area contributed by atoms with Crippen LogP contribution in [0.1, 0.15) is 33.9 Å². The lowest BCUT2D eigenvalue weighted by atomic mass is 10.0. The molecule has 2 amide bonds. The van der Waals surface area contributed by atoms with Gasteiger partial charge in [0.2, 0.25) is 5.91 Å². The predicted octanol–water partition coefficient (Wildman–Crippen LogP) is 3.31. The number of aromatic hydroxyl groups is 1. The van der Waals surface area contributed by atoms with Crippen LogP contribution in [0.3, 0.4) is 0 Å². The number of nitrogens with one attached hydrogen (secondary N) is 2. The molecule has 0 radical (unpaired) electrons. The van der Waals surface area contributed by atoms with Crippen molar-refractivity contribution in [1.82, 2.24) is 10.7 Å². The Morgan fingerprint density at radius 1 is 1.03 bits per heavy atom. The van der Waals surface area contributed by atoms with Gasteiger partial charge in [0.15, 0.2) is 5.75 Å². The van der Waals surface area contributed by atoms with E-state index in [0.717, 1.165) is 11.6 Å². The summed E-state index contributed by atoms with van der Waals surface area (Å²) in [5.41, 5.74) is 3.44. The van der Waals surface area contributed by atoms with Gasteiger partial charge in [0.05, 0.1) is 23.6 Å². The number of hydrogen-bond acceptors (Lipinski definition) is 6. The van der Waals surface area contributed by atoms with Gasteiger partial charge in [-0.15, -0.1) is 0 Å². The zero-order chi connectivity index (χ0) is 22.9. The number of nitro benzene ring substituents is 1. The highest BCUT2D eigenvalue weighted by Gasteiger charge is 2.19. The largest absolute Gasteiger partial charge is 0.502 e. The fourth-order valence-electron chi connectivity index (χ4n) is 2.95. The topological polar surface area (TPSA) is 134 Å². The smallest absolute Gasteiger partial charge is 0.311 e. The van der Waals surface area contributed by atoms with Crippen molar-refractivity contribution in [2.75, 3.05) is 0 Å². The maximum atomic E-state index is 12.6. The second-order valence-electron chi connectivity index (χ2n) is 6.81. The Labute approximate surface area is 183 Å². The molecule has 0 unspecified atom stereocenters. The molecule has 32 heavy (non-hydrogen) atoms. The van der Waals surface area contributed by atoms with Crippen LogP contribution in [0.25, 0.3) is 0 Å². The number of carbonyl (C=O) groups is 2. The third kappa shape index (κ3) is 5.99. The van der Waals surface area contributed by atoms with Gasteiger partial charge in [-0.2, -0.15) is 5.10 Å². The number of carbonyl (C=O) groups excluding carboxylic acids is 2. The van der Waals surface area contributed by atoms with Crippen molar-refractivity contribution in [3.05, 3.63) is 106 Å². The average molecular weight is 432 g/mol. The van der Waals surface area contributed by atoms with Crippen LogP contribution in [0, 0.1) is 10.1 Å². The quantitative estimate of drug-likeness (QED) is 0.285. The van der Waals surface area contributed by atoms with Crippen LogP contribution < -0.4 is 10.7 Å². The molecule has 0 aliphatic rings. The molecule has 0 aliphatic carbocycles. The van der Waals surface area contributed by atoms with Gasteiger partial charge in [0.1, 0.15) is 0 Å². The highest BCUT2D eigenvalue weighted by Crippen LogP contribution is 2.25. The molecular weight excluding hydrogens is 412 g/mol. The second-order valence-corrected chi connectivity index (χ2v) is 6.81. The summed E-state index contributed by atoms with van der Waals surface area (Å²) in [6.07, 6.45) is 1.15. The molecule has 9 nitrogen and oxygen atoms in total. The summed E-state index contributed by atoms with van der Waals surface area (Å²) in [6, 6.07) is 20.9. The molecule has 3 N–H and O–H groups in total. The van der Waals surface area contributed by atoms with E-state index in [9.17, 15) is 24.8 Å². The molecule has 0 spiro atoms. The molecule has 9 heteroatoms. The van der Waals surface area contributed by atoms with Crippen molar-refractivity contribution >= 4 is 23.7 Å². The number of benzene rings is 3. The summed E-state index contributed by atoms with van der Waals surface area (Å²) >= 11 is 0. The van der Waals surface area contributed by atoms with Crippen molar-refractivity contribution in [2.45, 2.75) is 12.5 Å². The van der Waals surface area contributed by atoms with Crippen LogP contribution in [0.15, 0.2) is 84.0 Å². The van der Waals surface area contributed by atoms with Gasteiger partial charge in [-0.25, -0.2) is 5.43 Å². The Bertz CT molecular complexity index is 1130. The maximum Gasteiger partial charge on any atom is 0.311 e. The first-order valence-corrected chi connectivity index (χ1v) is 9.64. The number of nitrogens with zero attached hydrogens (tertiary/aromatic N) is 2. The molecule has 0 fully saturated rings. The Morgan fingerprint density at radius 3 is 2.34 bits per heavy atom. The maximum absolute atomic E-state index is 12.6. The van der Waals surface area contributed by atoms with Gasteiger partial charge in [0.25, 0.3) is 5.91 Å². The summed E-state index contributed by atoms with van der Waals surface area (Å²) in [4.78, 5) is 35.2. The highest BCUT2D eigenvalue weighted by atomic mass is 16.6. The van der Waals surface area contributed by atoms with E-state index in [2.05, 4.69) is 15.8 Å². The molecule has 3 aromatic carbocycles. The molecule has 0 bridgehead atoms. The Kier molecular flexibility index (Phi) is 7.26. The Balaban J connectivity index is 1.67. The predicted molar refractivity (Wildman–Crippen MR) is 118 cm³/mol. The minimum Gasteiger partial charge on any atom is -0.502 e. The summed E-state index contributed by atoms with van der Waals surface area (Å²) in [5, 5.41) is 27.1. The van der Waals surface area contributed by atoms with E-state index in [1.807, 2.05) is 30.3 Å². The van der Waals surface area contributed by atoms with Crippen molar-refractivity contribution in [3.8, 4) is 5.75 Å². The third-order valence-corrected chi connectivity index (χ3v) is 4.53. The van der Waals surface area contributed by atoms with Crippen LogP contribution >= 0.6 is 0 Å². The van der Waals surface area contributed by atoms with Crippen molar-refractivity contribution in [2.24, 2.45) is 5.10 Å². The van der Waals surface area contributed by atoms with Gasteiger partial charge in [-0.1, -0.05) is 48.5 Å². The Hall–Kier alpha value is -4.53. The first-order valence-electron chi connectivity index (χ1n) is 9.64. The van der Waals surface area contributed by atoms with Crippen molar-refractivity contribution in [3.63, 3.8) is 0 Å². The molecule has 1 atom stereocenters. The van der Waals surface area contributed by atoms with E-state index < -0.39 is 28.3 Å². The Morgan fingerprint density at radius 2 is 1.69 bits per heavy atom. The molecule has 0 saturated heterocycles. The van der Waals surface area contributed by atoms with E-state index in [4.69, 9.17) is 0 Å². The number of nitro groups is 1. The lowest BCUT2D eigenvalue weighted by Gasteiger charge is -2.18. The highest BCUT2D eigenvalue weighted by molar-refractivity contribution is 5.94. The standard InChI is InChI=1S/C23H20N4O5/c28-21-12-11-16(13-20(21)27(31)32)15-24-26-22(29)14-19(17-7-3-1-4-8-17)25-23(30)18-9-5-2-6-10-18/h1-13,15,19,28H,14H2,(H,25,30)(H,26,29)/b24-15-/t19-/m1/s1. The monoisotopic (exact) mass is 432 g/mol. The first kappa shape index (κ1) is 22.2. The molecule has 0 heterocycles. The van der Waals surface area contributed by atoms with Gasteiger partial charge < -0.3 is 10.4 Å². The van der Waals surface area contributed by atoms with E-state index in [1.165, 1.54) is 18.3 Å². The van der Waals surface area contributed by atoms with Gasteiger partial charge in [-0.05, 0) is 29.8 Å². The van der Waals surface area contributed by atoms with E-state index in [1.54, 1.807) is 30.3 Å². The summed E-state index contributed by atoms with van der Waals surface area (Å²) in [5.74, 6) is -1.24. The van der Waals surface area contributed by atoms with Crippen molar-refractivity contribution < 1.29 is 19.6 Å². The van der Waals surface area contributed by atoms with Gasteiger partial charge in [0, 0.05) is 17.2 Å². The second kappa shape index (κ2) is 10.5. The average Bonchev–Trinajstić information content (AvgIpc) is 2.80. The zero-order valence-electron chi connectivity index (χ0n) is 16.8. The third-order valence-electron chi connectivity index (χ3n) is 4.53. The van der Waals surface area contributed by atoms with Gasteiger partial charge >= 0.3 is 5.69 Å². The summed E-state index contributed by atoms with van der Waals surface area (Å²) < 4.78 is 0. The lowest BCUT2D eigenvalue weighted by molar-refractivity contribution is -0.385. The minimum absolute atomic E-state index is 0.0738. The number of rotatable bonds is 8. The fraction of sp³-hybridized carbons (Fsp3) is 0.0870. The number of amides is 2. The first-order chi connectivity index (χ1) is 15.4. The van der Waals surface area contributed by atoms with E-state index >= 15 is 0 Å². The number of hydrogen-bond donors (Lipinski definition) is 3. The minimum atomic E-state index is -0.717. The normalized spacial score (nSPS) is 11.6. The molecule has 0 aromatic heterocycles. The van der Waals surface area contributed by atoms with Crippen LogP contribution in [-0.2, 0) is 4.79 Å². The van der Waals surface area contributed by atoms with Crippen LogP contribution in [-0.4, -0.2) is 28.1 Å². The summed E-state index contributed by atoms with van der Waals surface area (Å²) in [7, 11) is 0. The number of hydrazone groups is 1. The molecule has 3 rings (SSSR count). The lowest BCUT2D eigenvalue weighted by Crippen LogP contribution is -2.32. The fourth-order valence-corrected chi connectivity index (χ4v) is 2.95. The molecule has 0 aliphatic heterocycles. The molecule has 0 saturated carbocycles. The SMILES string of the molecule is O=C(C[C@@H](NC(=O)c1ccccc1)c1ccccc1)N/N=C\c1ccc(O)c([N+](=O)[O-])c1.